The third-order valence-corrected chi connectivity index (χ3v) is 4.17. The molecule has 4 heteroatoms. The molecule has 1 heterocycles. The van der Waals surface area contributed by atoms with Crippen molar-refractivity contribution in [3.63, 3.8) is 0 Å². The molecule has 0 amide bonds. The van der Waals surface area contributed by atoms with E-state index in [4.69, 9.17) is 9.47 Å². The molecule has 3 rings (SSSR count). The van der Waals surface area contributed by atoms with Crippen LogP contribution in [-0.2, 0) is 11.3 Å². The predicted octanol–water partition coefficient (Wildman–Crippen LogP) is 2.63. The van der Waals surface area contributed by atoms with Gasteiger partial charge in [0.05, 0.1) is 25.9 Å². The Bertz CT molecular complexity index is 579. The fraction of sp³-hybridized carbons (Fsp3) is 0.368. The van der Waals surface area contributed by atoms with Crippen LogP contribution in [0.15, 0.2) is 54.6 Å². The maximum Gasteiger partial charge on any atom is 0.119 e. The molecule has 0 spiro atoms. The third-order valence-electron chi connectivity index (χ3n) is 4.17. The zero-order chi connectivity index (χ0) is 15.9. The van der Waals surface area contributed by atoms with Crippen molar-refractivity contribution in [3.05, 3.63) is 65.7 Å². The lowest BCUT2D eigenvalue weighted by Crippen LogP contribution is -2.40. The first kappa shape index (κ1) is 16.0. The lowest BCUT2D eigenvalue weighted by atomic mass is 10.1. The maximum absolute atomic E-state index is 9.74. The van der Waals surface area contributed by atoms with Gasteiger partial charge in [-0.05, 0) is 23.3 Å². The van der Waals surface area contributed by atoms with E-state index in [1.807, 2.05) is 42.5 Å². The van der Waals surface area contributed by atoms with Crippen LogP contribution >= 0.6 is 0 Å². The lowest BCUT2D eigenvalue weighted by molar-refractivity contribution is 0.00258. The Hall–Kier alpha value is -1.88. The van der Waals surface area contributed by atoms with E-state index in [0.717, 1.165) is 43.2 Å². The van der Waals surface area contributed by atoms with E-state index in [2.05, 4.69) is 17.0 Å². The number of ether oxygens (including phenoxy) is 2. The molecule has 0 saturated carbocycles. The first-order valence-corrected chi connectivity index (χ1v) is 8.06. The Kier molecular flexibility index (Phi) is 5.64. The number of morpholine rings is 1. The molecule has 2 aromatic carbocycles. The van der Waals surface area contributed by atoms with Gasteiger partial charge in [0.25, 0.3) is 0 Å². The third kappa shape index (κ3) is 4.32. The minimum atomic E-state index is 0.0297. The Balaban J connectivity index is 1.61. The highest BCUT2D eigenvalue weighted by Gasteiger charge is 2.21. The highest BCUT2D eigenvalue weighted by molar-refractivity contribution is 5.30. The van der Waals surface area contributed by atoms with Crippen molar-refractivity contribution in [1.29, 1.82) is 0 Å². The van der Waals surface area contributed by atoms with E-state index < -0.39 is 0 Å². The van der Waals surface area contributed by atoms with Crippen LogP contribution in [0.25, 0.3) is 0 Å². The van der Waals surface area contributed by atoms with Crippen molar-refractivity contribution in [3.8, 4) is 5.75 Å². The van der Waals surface area contributed by atoms with Crippen LogP contribution < -0.4 is 4.74 Å². The standard InChI is InChI=1S/C19H23NO3/c21-14-19(20-10-12-22-13-11-20)17-6-8-18(9-7-17)23-15-16-4-2-1-3-5-16/h1-9,19,21H,10-15H2/t19-/m1/s1. The molecule has 1 N–H and O–H groups in total. The molecule has 122 valence electrons. The summed E-state index contributed by atoms with van der Waals surface area (Å²) in [5.41, 5.74) is 2.26. The molecule has 1 fully saturated rings. The van der Waals surface area contributed by atoms with Gasteiger partial charge in [0.1, 0.15) is 12.4 Å². The second kappa shape index (κ2) is 8.11. The van der Waals surface area contributed by atoms with Gasteiger partial charge < -0.3 is 14.6 Å². The average Bonchev–Trinajstić information content (AvgIpc) is 2.63. The molecule has 1 atom stereocenters. The topological polar surface area (TPSA) is 41.9 Å². The summed E-state index contributed by atoms with van der Waals surface area (Å²) >= 11 is 0. The zero-order valence-corrected chi connectivity index (χ0v) is 13.2. The number of nitrogens with zero attached hydrogens (tertiary/aromatic N) is 1. The van der Waals surface area contributed by atoms with E-state index in [9.17, 15) is 5.11 Å². The van der Waals surface area contributed by atoms with Crippen LogP contribution in [-0.4, -0.2) is 42.9 Å². The molecule has 2 aromatic rings. The van der Waals surface area contributed by atoms with Crippen LogP contribution in [0.1, 0.15) is 17.2 Å². The van der Waals surface area contributed by atoms with Gasteiger partial charge in [-0.3, -0.25) is 4.90 Å². The Labute approximate surface area is 137 Å². The summed E-state index contributed by atoms with van der Waals surface area (Å²) in [6.07, 6.45) is 0. The molecule has 0 unspecified atom stereocenters. The summed E-state index contributed by atoms with van der Waals surface area (Å²) in [5, 5.41) is 9.74. The molecule has 1 saturated heterocycles. The highest BCUT2D eigenvalue weighted by atomic mass is 16.5. The maximum atomic E-state index is 9.74. The van der Waals surface area contributed by atoms with Gasteiger partial charge in [-0.25, -0.2) is 0 Å². The molecular weight excluding hydrogens is 290 g/mol. The molecule has 23 heavy (non-hydrogen) atoms. The Morgan fingerprint density at radius 2 is 1.70 bits per heavy atom. The number of hydrogen-bond acceptors (Lipinski definition) is 4. The van der Waals surface area contributed by atoms with Gasteiger partial charge in [0, 0.05) is 13.1 Å². The van der Waals surface area contributed by atoms with Gasteiger partial charge in [-0.2, -0.15) is 0 Å². The van der Waals surface area contributed by atoms with Gasteiger partial charge >= 0.3 is 0 Å². The van der Waals surface area contributed by atoms with Crippen molar-refractivity contribution in [2.45, 2.75) is 12.6 Å². The minimum Gasteiger partial charge on any atom is -0.489 e. The number of hydrogen-bond donors (Lipinski definition) is 1. The average molecular weight is 313 g/mol. The van der Waals surface area contributed by atoms with E-state index in [1.54, 1.807) is 0 Å². The van der Waals surface area contributed by atoms with Crippen LogP contribution in [0, 0.1) is 0 Å². The van der Waals surface area contributed by atoms with Crippen molar-refractivity contribution >= 4 is 0 Å². The molecule has 0 bridgehead atoms. The lowest BCUT2D eigenvalue weighted by Gasteiger charge is -2.33. The van der Waals surface area contributed by atoms with Crippen molar-refractivity contribution in [2.24, 2.45) is 0 Å². The number of aliphatic hydroxyl groups is 1. The summed E-state index contributed by atoms with van der Waals surface area (Å²) in [7, 11) is 0. The van der Waals surface area contributed by atoms with E-state index in [0.29, 0.717) is 6.61 Å². The van der Waals surface area contributed by atoms with Crippen LogP contribution in [0.4, 0.5) is 0 Å². The van der Waals surface area contributed by atoms with E-state index >= 15 is 0 Å². The Morgan fingerprint density at radius 3 is 2.35 bits per heavy atom. The van der Waals surface area contributed by atoms with Crippen molar-refractivity contribution in [1.82, 2.24) is 4.90 Å². The van der Waals surface area contributed by atoms with Gasteiger partial charge in [0.15, 0.2) is 0 Å². The number of aliphatic hydroxyl groups excluding tert-OH is 1. The fourth-order valence-corrected chi connectivity index (χ4v) is 2.85. The molecule has 0 aliphatic carbocycles. The number of benzene rings is 2. The van der Waals surface area contributed by atoms with Gasteiger partial charge in [-0.1, -0.05) is 42.5 Å². The monoisotopic (exact) mass is 313 g/mol. The number of rotatable bonds is 6. The molecule has 4 nitrogen and oxygen atoms in total. The quantitative estimate of drug-likeness (QED) is 0.890. The summed E-state index contributed by atoms with van der Waals surface area (Å²) in [4.78, 5) is 2.27. The van der Waals surface area contributed by atoms with E-state index in [1.165, 1.54) is 0 Å². The van der Waals surface area contributed by atoms with Crippen LogP contribution in [0.3, 0.4) is 0 Å². The Morgan fingerprint density at radius 1 is 1.00 bits per heavy atom. The summed E-state index contributed by atoms with van der Waals surface area (Å²) in [6, 6.07) is 18.2. The summed E-state index contributed by atoms with van der Waals surface area (Å²) in [5.74, 6) is 0.844. The summed E-state index contributed by atoms with van der Waals surface area (Å²) < 4.78 is 11.2. The zero-order valence-electron chi connectivity index (χ0n) is 13.2. The fourth-order valence-electron chi connectivity index (χ4n) is 2.85. The first-order valence-electron chi connectivity index (χ1n) is 8.06. The van der Waals surface area contributed by atoms with Gasteiger partial charge in [0.2, 0.25) is 0 Å². The van der Waals surface area contributed by atoms with Crippen LogP contribution in [0.5, 0.6) is 5.75 Å². The van der Waals surface area contributed by atoms with Crippen LogP contribution in [0.2, 0.25) is 0 Å². The largest absolute Gasteiger partial charge is 0.489 e. The normalized spacial score (nSPS) is 16.9. The molecular formula is C19H23NO3. The summed E-state index contributed by atoms with van der Waals surface area (Å²) in [6.45, 7) is 3.86. The SMILES string of the molecule is OC[C@H](c1ccc(OCc2ccccc2)cc1)N1CCOCC1. The second-order valence-electron chi connectivity index (χ2n) is 5.69. The smallest absolute Gasteiger partial charge is 0.119 e. The predicted molar refractivity (Wildman–Crippen MR) is 89.4 cm³/mol. The minimum absolute atomic E-state index is 0.0297. The molecule has 0 aromatic heterocycles. The van der Waals surface area contributed by atoms with E-state index in [-0.39, 0.29) is 12.6 Å². The van der Waals surface area contributed by atoms with Crippen molar-refractivity contribution in [2.75, 3.05) is 32.9 Å². The van der Waals surface area contributed by atoms with Gasteiger partial charge in [-0.15, -0.1) is 0 Å². The highest BCUT2D eigenvalue weighted by Crippen LogP contribution is 2.24. The molecule has 1 aliphatic heterocycles. The first-order chi connectivity index (χ1) is 11.4. The molecule has 1 aliphatic rings. The molecule has 0 radical (unpaired) electrons. The second-order valence-corrected chi connectivity index (χ2v) is 5.69. The van der Waals surface area contributed by atoms with Crippen molar-refractivity contribution < 1.29 is 14.6 Å².